The molecular weight excluding hydrogens is 271 g/mol. The van der Waals surface area contributed by atoms with E-state index in [-0.39, 0.29) is 12.0 Å². The van der Waals surface area contributed by atoms with E-state index in [1.54, 1.807) is 0 Å². The highest BCUT2D eigenvalue weighted by molar-refractivity contribution is 5.71. The van der Waals surface area contributed by atoms with Gasteiger partial charge in [0.2, 0.25) is 0 Å². The monoisotopic (exact) mass is 281 g/mol. The van der Waals surface area contributed by atoms with Crippen molar-refractivity contribution in [2.45, 2.75) is 12.6 Å². The summed E-state index contributed by atoms with van der Waals surface area (Å²) < 4.78 is 38.7. The van der Waals surface area contributed by atoms with Crippen LogP contribution in [0.2, 0.25) is 0 Å². The third-order valence-electron chi connectivity index (χ3n) is 2.70. The van der Waals surface area contributed by atoms with Crippen molar-refractivity contribution in [2.75, 3.05) is 0 Å². The van der Waals surface area contributed by atoms with E-state index in [4.69, 9.17) is 5.11 Å². The number of aliphatic carboxylic acids is 1. The van der Waals surface area contributed by atoms with Gasteiger partial charge < -0.3 is 5.11 Å². The van der Waals surface area contributed by atoms with Crippen LogP contribution in [0.25, 0.3) is 11.1 Å². The second-order valence-corrected chi connectivity index (χ2v) is 4.15. The summed E-state index contributed by atoms with van der Waals surface area (Å²) in [6, 6.07) is 8.04. The van der Waals surface area contributed by atoms with Crippen LogP contribution in [0.5, 0.6) is 0 Å². The Bertz CT molecular complexity index is 621. The number of carboxylic acids is 1. The predicted molar refractivity (Wildman–Crippen MR) is 66.0 cm³/mol. The first-order valence-corrected chi connectivity index (χ1v) is 5.71. The highest BCUT2D eigenvalue weighted by atomic mass is 19.4. The maximum Gasteiger partial charge on any atom is 0.417 e. The molecule has 1 heterocycles. The number of pyridine rings is 1. The number of aromatic nitrogens is 1. The summed E-state index contributed by atoms with van der Waals surface area (Å²) in [5.74, 6) is -1.04. The molecule has 2 aromatic rings. The highest BCUT2D eigenvalue weighted by Crippen LogP contribution is 2.36. The number of carbonyl (C=O) groups is 1. The zero-order chi connectivity index (χ0) is 14.8. The first-order valence-electron chi connectivity index (χ1n) is 5.71. The van der Waals surface area contributed by atoms with Crippen molar-refractivity contribution in [2.24, 2.45) is 0 Å². The normalized spacial score (nSPS) is 11.3. The summed E-state index contributed by atoms with van der Waals surface area (Å²) in [7, 11) is 0. The van der Waals surface area contributed by atoms with Crippen molar-refractivity contribution in [3.8, 4) is 11.1 Å². The quantitative estimate of drug-likeness (QED) is 0.938. The van der Waals surface area contributed by atoms with E-state index in [2.05, 4.69) is 4.98 Å². The maximum atomic E-state index is 12.9. The van der Waals surface area contributed by atoms with Gasteiger partial charge in [-0.3, -0.25) is 9.78 Å². The van der Waals surface area contributed by atoms with E-state index in [0.29, 0.717) is 11.3 Å². The summed E-state index contributed by atoms with van der Waals surface area (Å²) in [6.07, 6.45) is -3.46. The Labute approximate surface area is 112 Å². The third kappa shape index (κ3) is 3.14. The number of carboxylic acid groups (broad SMARTS) is 1. The molecule has 6 heteroatoms. The average molecular weight is 281 g/mol. The van der Waals surface area contributed by atoms with Crippen LogP contribution >= 0.6 is 0 Å². The van der Waals surface area contributed by atoms with E-state index >= 15 is 0 Å². The van der Waals surface area contributed by atoms with Gasteiger partial charge in [0.05, 0.1) is 17.7 Å². The van der Waals surface area contributed by atoms with Gasteiger partial charge in [-0.15, -0.1) is 0 Å². The Morgan fingerprint density at radius 1 is 1.15 bits per heavy atom. The fraction of sp³-hybridized carbons (Fsp3) is 0.143. The molecule has 0 saturated carbocycles. The minimum absolute atomic E-state index is 0.0226. The SMILES string of the molecule is O=C(O)Cc1ccc(-c2ccccc2C(F)(F)F)cn1. The summed E-state index contributed by atoms with van der Waals surface area (Å²) in [4.78, 5) is 14.4. The fourth-order valence-electron chi connectivity index (χ4n) is 1.83. The lowest BCUT2D eigenvalue weighted by atomic mass is 10.0. The van der Waals surface area contributed by atoms with Crippen LogP contribution in [0.4, 0.5) is 13.2 Å². The summed E-state index contributed by atoms with van der Waals surface area (Å²) in [5, 5.41) is 8.62. The largest absolute Gasteiger partial charge is 0.481 e. The Morgan fingerprint density at radius 2 is 1.85 bits per heavy atom. The Balaban J connectivity index is 2.40. The number of rotatable bonds is 3. The second kappa shape index (κ2) is 5.32. The smallest absolute Gasteiger partial charge is 0.417 e. The molecule has 2 rings (SSSR count). The molecule has 0 fully saturated rings. The fourth-order valence-corrected chi connectivity index (χ4v) is 1.83. The van der Waals surface area contributed by atoms with Crippen LogP contribution in [-0.4, -0.2) is 16.1 Å². The van der Waals surface area contributed by atoms with Gasteiger partial charge in [-0.1, -0.05) is 24.3 Å². The number of hydrogen-bond donors (Lipinski definition) is 1. The molecule has 3 nitrogen and oxygen atoms in total. The van der Waals surface area contributed by atoms with Crippen LogP contribution in [0, 0.1) is 0 Å². The Kier molecular flexibility index (Phi) is 3.74. The van der Waals surface area contributed by atoms with Gasteiger partial charge in [-0.2, -0.15) is 13.2 Å². The average Bonchev–Trinajstić information content (AvgIpc) is 2.38. The lowest BCUT2D eigenvalue weighted by Crippen LogP contribution is -2.07. The molecule has 0 aliphatic heterocycles. The minimum atomic E-state index is -4.45. The molecule has 0 unspecified atom stereocenters. The van der Waals surface area contributed by atoms with Gasteiger partial charge in [0.15, 0.2) is 0 Å². The molecule has 104 valence electrons. The van der Waals surface area contributed by atoms with Crippen LogP contribution in [0.1, 0.15) is 11.3 Å². The van der Waals surface area contributed by atoms with E-state index in [1.807, 2.05) is 0 Å². The first-order chi connectivity index (χ1) is 9.38. The number of nitrogens with zero attached hydrogens (tertiary/aromatic N) is 1. The van der Waals surface area contributed by atoms with Crippen molar-refractivity contribution in [1.82, 2.24) is 4.98 Å². The number of alkyl halides is 3. The molecule has 0 bridgehead atoms. The van der Waals surface area contributed by atoms with Crippen LogP contribution < -0.4 is 0 Å². The zero-order valence-corrected chi connectivity index (χ0v) is 10.2. The second-order valence-electron chi connectivity index (χ2n) is 4.15. The van der Waals surface area contributed by atoms with Crippen molar-refractivity contribution in [3.63, 3.8) is 0 Å². The standard InChI is InChI=1S/C14H10F3NO2/c15-14(16,17)12-4-2-1-3-11(12)9-5-6-10(18-8-9)7-13(19)20/h1-6,8H,7H2,(H,19,20). The van der Waals surface area contributed by atoms with Gasteiger partial charge in [0.25, 0.3) is 0 Å². The van der Waals surface area contributed by atoms with Gasteiger partial charge >= 0.3 is 12.1 Å². The van der Waals surface area contributed by atoms with E-state index < -0.39 is 17.7 Å². The van der Waals surface area contributed by atoms with Gasteiger partial charge in [0.1, 0.15) is 0 Å². The van der Waals surface area contributed by atoms with Crippen molar-refractivity contribution >= 4 is 5.97 Å². The molecule has 1 N–H and O–H groups in total. The lowest BCUT2D eigenvalue weighted by molar-refractivity contribution is -0.137. The number of hydrogen-bond acceptors (Lipinski definition) is 2. The third-order valence-corrected chi connectivity index (χ3v) is 2.70. The number of benzene rings is 1. The lowest BCUT2D eigenvalue weighted by Gasteiger charge is -2.12. The minimum Gasteiger partial charge on any atom is -0.481 e. The van der Waals surface area contributed by atoms with Crippen molar-refractivity contribution in [3.05, 3.63) is 53.9 Å². The van der Waals surface area contributed by atoms with Crippen LogP contribution in [0.15, 0.2) is 42.6 Å². The molecular formula is C14H10F3NO2. The Hall–Kier alpha value is -2.37. The molecule has 1 aromatic heterocycles. The molecule has 0 radical (unpaired) electrons. The molecule has 0 spiro atoms. The van der Waals surface area contributed by atoms with Crippen molar-refractivity contribution < 1.29 is 23.1 Å². The van der Waals surface area contributed by atoms with Gasteiger partial charge in [0, 0.05) is 11.8 Å². The van der Waals surface area contributed by atoms with Gasteiger partial charge in [-0.25, -0.2) is 0 Å². The molecule has 0 aliphatic carbocycles. The van der Waals surface area contributed by atoms with Crippen LogP contribution in [-0.2, 0) is 17.4 Å². The molecule has 1 aromatic carbocycles. The van der Waals surface area contributed by atoms with Crippen molar-refractivity contribution in [1.29, 1.82) is 0 Å². The molecule has 0 atom stereocenters. The van der Waals surface area contributed by atoms with E-state index in [1.165, 1.54) is 36.5 Å². The molecule has 20 heavy (non-hydrogen) atoms. The molecule has 0 aliphatic rings. The van der Waals surface area contributed by atoms with Crippen LogP contribution in [0.3, 0.4) is 0 Å². The predicted octanol–water partition coefficient (Wildman–Crippen LogP) is 3.39. The zero-order valence-electron chi connectivity index (χ0n) is 10.2. The van der Waals surface area contributed by atoms with E-state index in [9.17, 15) is 18.0 Å². The maximum absolute atomic E-state index is 12.9. The molecule has 0 saturated heterocycles. The Morgan fingerprint density at radius 3 is 2.40 bits per heavy atom. The summed E-state index contributed by atoms with van der Waals surface area (Å²) in [5.41, 5.74) is -0.125. The molecule has 0 amide bonds. The van der Waals surface area contributed by atoms with Gasteiger partial charge in [-0.05, 0) is 17.7 Å². The topological polar surface area (TPSA) is 50.2 Å². The van der Waals surface area contributed by atoms with E-state index in [0.717, 1.165) is 6.07 Å². The highest BCUT2D eigenvalue weighted by Gasteiger charge is 2.33. The summed E-state index contributed by atoms with van der Waals surface area (Å²) in [6.45, 7) is 0. The summed E-state index contributed by atoms with van der Waals surface area (Å²) >= 11 is 0. The first kappa shape index (κ1) is 14.0. The number of halogens is 3.